The second-order valence-electron chi connectivity index (χ2n) is 11.6. The number of hydrogen-bond acceptors (Lipinski definition) is 9. The first-order valence-electron chi connectivity index (χ1n) is 15.4. The third-order valence-electron chi connectivity index (χ3n) is 8.47. The third kappa shape index (κ3) is 7.47. The predicted molar refractivity (Wildman–Crippen MR) is 173 cm³/mol. The largest absolute Gasteiger partial charge is 0.393 e. The van der Waals surface area contributed by atoms with Crippen LogP contribution in [0.5, 0.6) is 0 Å². The zero-order chi connectivity index (χ0) is 33.3. The van der Waals surface area contributed by atoms with E-state index in [1.54, 1.807) is 6.92 Å². The van der Waals surface area contributed by atoms with Gasteiger partial charge in [-0.05, 0) is 23.6 Å². The van der Waals surface area contributed by atoms with Crippen LogP contribution in [0, 0.1) is 6.92 Å². The normalized spacial score (nSPS) is 21.0. The van der Waals surface area contributed by atoms with Gasteiger partial charge in [0.05, 0.1) is 33.0 Å². The van der Waals surface area contributed by atoms with Crippen LogP contribution >= 0.6 is 0 Å². The van der Waals surface area contributed by atoms with Gasteiger partial charge in [-0.25, -0.2) is 9.36 Å². The van der Waals surface area contributed by atoms with Crippen molar-refractivity contribution in [3.63, 3.8) is 0 Å². The van der Waals surface area contributed by atoms with Crippen LogP contribution in [0.15, 0.2) is 107 Å². The molecule has 5 rings (SSSR count). The van der Waals surface area contributed by atoms with E-state index in [1.807, 2.05) is 91.0 Å². The van der Waals surface area contributed by atoms with Gasteiger partial charge in [0.1, 0.15) is 13.0 Å². The maximum Gasteiger partial charge on any atom is 0.335 e. The highest BCUT2D eigenvalue weighted by molar-refractivity contribution is 5.18. The molecule has 250 valence electrons. The van der Waals surface area contributed by atoms with Crippen LogP contribution in [0.2, 0.25) is 0 Å². The van der Waals surface area contributed by atoms with Gasteiger partial charge in [0.15, 0.2) is 17.5 Å². The fourth-order valence-corrected chi connectivity index (χ4v) is 6.02. The smallest absolute Gasteiger partial charge is 0.335 e. The minimum Gasteiger partial charge on any atom is -0.393 e. The first-order chi connectivity index (χ1) is 22.9. The minimum atomic E-state index is -1.56. The molecule has 0 radical (unpaired) electrons. The van der Waals surface area contributed by atoms with Gasteiger partial charge in [0.2, 0.25) is 0 Å². The van der Waals surface area contributed by atoms with Crippen molar-refractivity contribution in [3.05, 3.63) is 140 Å². The molecule has 1 aliphatic rings. The SMILES string of the molecule is COC(OC)[C@]1(OCc2ccccc2)C[C@H](n2cc(C)c(=O)n(COCc3ccccc3)c2=O)O[C@]1(CO)COCc1ccccc1. The van der Waals surface area contributed by atoms with E-state index in [2.05, 4.69) is 0 Å². The average Bonchev–Trinajstić information content (AvgIpc) is 3.43. The number of aromatic nitrogens is 2. The molecule has 3 atom stereocenters. The number of aliphatic hydroxyl groups is 1. The van der Waals surface area contributed by atoms with E-state index >= 15 is 0 Å². The molecule has 0 unspecified atom stereocenters. The molecule has 1 aliphatic heterocycles. The van der Waals surface area contributed by atoms with Crippen LogP contribution < -0.4 is 11.2 Å². The summed E-state index contributed by atoms with van der Waals surface area (Å²) in [6.45, 7) is 1.26. The molecule has 11 heteroatoms. The van der Waals surface area contributed by atoms with Crippen LogP contribution in [-0.2, 0) is 55.0 Å². The lowest BCUT2D eigenvalue weighted by molar-refractivity contribution is -0.297. The Balaban J connectivity index is 1.52. The molecule has 0 aliphatic carbocycles. The van der Waals surface area contributed by atoms with Gasteiger partial charge in [-0.3, -0.25) is 9.36 Å². The number of ether oxygens (including phenoxy) is 6. The van der Waals surface area contributed by atoms with Gasteiger partial charge < -0.3 is 33.5 Å². The van der Waals surface area contributed by atoms with E-state index in [4.69, 9.17) is 28.4 Å². The Kier molecular flexibility index (Phi) is 11.5. The Labute approximate surface area is 273 Å². The van der Waals surface area contributed by atoms with Crippen molar-refractivity contribution in [1.29, 1.82) is 0 Å². The summed E-state index contributed by atoms with van der Waals surface area (Å²) in [5, 5.41) is 11.1. The number of rotatable bonds is 16. The van der Waals surface area contributed by atoms with Gasteiger partial charge in [0, 0.05) is 32.4 Å². The Morgan fingerprint density at radius 1 is 0.830 bits per heavy atom. The van der Waals surface area contributed by atoms with E-state index in [1.165, 1.54) is 25.0 Å². The van der Waals surface area contributed by atoms with Crippen molar-refractivity contribution < 1.29 is 33.5 Å². The highest BCUT2D eigenvalue weighted by Crippen LogP contribution is 2.50. The number of aryl methyl sites for hydroxylation is 1. The lowest BCUT2D eigenvalue weighted by atomic mass is 9.81. The van der Waals surface area contributed by atoms with Crippen LogP contribution in [0.1, 0.15) is 34.9 Å². The molecule has 2 heterocycles. The fraction of sp³-hybridized carbons (Fsp3) is 0.389. The second-order valence-corrected chi connectivity index (χ2v) is 11.6. The molecule has 47 heavy (non-hydrogen) atoms. The summed E-state index contributed by atoms with van der Waals surface area (Å²) >= 11 is 0. The average molecular weight is 647 g/mol. The molecular formula is C36H42N2O9. The van der Waals surface area contributed by atoms with E-state index in [0.717, 1.165) is 21.3 Å². The molecule has 11 nitrogen and oxygen atoms in total. The molecule has 1 aromatic heterocycles. The van der Waals surface area contributed by atoms with Crippen molar-refractivity contribution >= 4 is 0 Å². The van der Waals surface area contributed by atoms with Crippen molar-refractivity contribution in [2.75, 3.05) is 27.4 Å². The van der Waals surface area contributed by atoms with Crippen LogP contribution in [0.25, 0.3) is 0 Å². The lowest BCUT2D eigenvalue weighted by Crippen LogP contribution is -2.65. The summed E-state index contributed by atoms with van der Waals surface area (Å²) in [5.41, 5.74) is -1.14. The minimum absolute atomic E-state index is 0.0177. The Bertz CT molecular complexity index is 1680. The maximum atomic E-state index is 13.9. The monoisotopic (exact) mass is 646 g/mol. The molecule has 0 amide bonds. The van der Waals surface area contributed by atoms with Crippen molar-refractivity contribution in [3.8, 4) is 0 Å². The van der Waals surface area contributed by atoms with Gasteiger partial charge in [-0.2, -0.15) is 0 Å². The predicted octanol–water partition coefficient (Wildman–Crippen LogP) is 3.93. The Hall–Kier alpha value is -3.94. The quantitative estimate of drug-likeness (QED) is 0.181. The number of aliphatic hydroxyl groups excluding tert-OH is 1. The molecule has 0 saturated carbocycles. The highest BCUT2D eigenvalue weighted by Gasteiger charge is 2.66. The molecule has 1 fully saturated rings. The summed E-state index contributed by atoms with van der Waals surface area (Å²) < 4.78 is 39.3. The van der Waals surface area contributed by atoms with Crippen LogP contribution in [0.3, 0.4) is 0 Å². The zero-order valence-corrected chi connectivity index (χ0v) is 26.9. The summed E-state index contributed by atoms with van der Waals surface area (Å²) in [4.78, 5) is 27.1. The second kappa shape index (κ2) is 15.8. The number of methoxy groups -OCH3 is 2. The Morgan fingerprint density at radius 2 is 1.36 bits per heavy atom. The van der Waals surface area contributed by atoms with E-state index < -0.39 is 41.6 Å². The fourth-order valence-electron chi connectivity index (χ4n) is 6.02. The van der Waals surface area contributed by atoms with Crippen molar-refractivity contribution in [1.82, 2.24) is 9.13 Å². The van der Waals surface area contributed by atoms with Crippen LogP contribution in [-0.4, -0.2) is 59.2 Å². The third-order valence-corrected chi connectivity index (χ3v) is 8.47. The highest BCUT2D eigenvalue weighted by atomic mass is 16.7. The Morgan fingerprint density at radius 3 is 1.89 bits per heavy atom. The van der Waals surface area contributed by atoms with Gasteiger partial charge in [-0.15, -0.1) is 0 Å². The molecule has 0 bridgehead atoms. The number of hydrogen-bond donors (Lipinski definition) is 1. The first kappa shape index (κ1) is 34.4. The summed E-state index contributed by atoms with van der Waals surface area (Å²) in [5.74, 6) is 0. The molecule has 0 spiro atoms. The lowest BCUT2D eigenvalue weighted by Gasteiger charge is -2.45. The number of benzene rings is 3. The van der Waals surface area contributed by atoms with Gasteiger partial charge >= 0.3 is 5.69 Å². The molecule has 1 saturated heterocycles. The van der Waals surface area contributed by atoms with Gasteiger partial charge in [-0.1, -0.05) is 91.0 Å². The molecule has 3 aromatic carbocycles. The van der Waals surface area contributed by atoms with E-state index in [0.29, 0.717) is 5.56 Å². The van der Waals surface area contributed by atoms with Crippen LogP contribution in [0.4, 0.5) is 0 Å². The summed E-state index contributed by atoms with van der Waals surface area (Å²) in [6, 6.07) is 28.6. The maximum absolute atomic E-state index is 13.9. The molecular weight excluding hydrogens is 604 g/mol. The van der Waals surface area contributed by atoms with Crippen molar-refractivity contribution in [2.45, 2.75) is 63.6 Å². The molecule has 4 aromatic rings. The van der Waals surface area contributed by atoms with E-state index in [9.17, 15) is 14.7 Å². The van der Waals surface area contributed by atoms with E-state index in [-0.39, 0.29) is 39.6 Å². The standard InChI is InChI=1S/C36H42N2O9/c1-27-20-37(34(41)38(32(27)40)26-45-22-29-15-9-5-10-16-29)31-19-36(33(42-2)43-3,46-23-30-17-11-6-12-18-30)35(24-39,47-31)25-44-21-28-13-7-4-8-14-28/h4-18,20,31,33,39H,19,21-26H2,1-3H3/t31-,35-,36-/m1/s1. The number of nitrogens with zero attached hydrogens (tertiary/aromatic N) is 2. The summed E-state index contributed by atoms with van der Waals surface area (Å²) in [6.07, 6.45) is -0.569. The molecule has 1 N–H and O–H groups in total. The summed E-state index contributed by atoms with van der Waals surface area (Å²) in [7, 11) is 2.95. The topological polar surface area (TPSA) is 120 Å². The first-order valence-corrected chi connectivity index (χ1v) is 15.4. The zero-order valence-electron chi connectivity index (χ0n) is 26.9. The van der Waals surface area contributed by atoms with Crippen molar-refractivity contribution in [2.24, 2.45) is 0 Å². The van der Waals surface area contributed by atoms with Gasteiger partial charge in [0.25, 0.3) is 5.56 Å².